The van der Waals surface area contributed by atoms with E-state index in [0.717, 1.165) is 6.54 Å². The summed E-state index contributed by atoms with van der Waals surface area (Å²) in [6, 6.07) is 8.44. The van der Waals surface area contributed by atoms with Crippen molar-refractivity contribution in [1.82, 2.24) is 10.6 Å². The van der Waals surface area contributed by atoms with E-state index in [1.54, 1.807) is 0 Å². The van der Waals surface area contributed by atoms with E-state index in [-0.39, 0.29) is 18.0 Å². The van der Waals surface area contributed by atoms with Crippen molar-refractivity contribution < 1.29 is 4.79 Å². The largest absolute Gasteiger partial charge is 0.350 e. The van der Waals surface area contributed by atoms with Crippen LogP contribution in [0.5, 0.6) is 0 Å². The van der Waals surface area contributed by atoms with Crippen molar-refractivity contribution >= 4 is 5.91 Å². The Kier molecular flexibility index (Phi) is 5.86. The molecule has 0 radical (unpaired) electrons. The smallest absolute Gasteiger partial charge is 0.222 e. The Hall–Kier alpha value is -1.35. The number of rotatable bonds is 6. The van der Waals surface area contributed by atoms with E-state index in [0.29, 0.717) is 6.42 Å². The van der Waals surface area contributed by atoms with Crippen LogP contribution >= 0.6 is 0 Å². The van der Waals surface area contributed by atoms with Crippen LogP contribution in [0.3, 0.4) is 0 Å². The van der Waals surface area contributed by atoms with Crippen LogP contribution in [-0.4, -0.2) is 18.5 Å². The van der Waals surface area contributed by atoms with Crippen LogP contribution in [0.15, 0.2) is 24.3 Å². The lowest BCUT2D eigenvalue weighted by Gasteiger charge is -2.18. The van der Waals surface area contributed by atoms with Gasteiger partial charge >= 0.3 is 0 Å². The van der Waals surface area contributed by atoms with Gasteiger partial charge in [0.05, 0.1) is 6.04 Å². The van der Waals surface area contributed by atoms with Crippen molar-refractivity contribution in [2.45, 2.75) is 46.2 Å². The molecule has 1 aromatic rings. The van der Waals surface area contributed by atoms with Gasteiger partial charge in [-0.05, 0) is 38.4 Å². The molecule has 0 heterocycles. The lowest BCUT2D eigenvalue weighted by atomic mass is 10.0. The van der Waals surface area contributed by atoms with Crippen molar-refractivity contribution in [1.29, 1.82) is 0 Å². The minimum absolute atomic E-state index is 0.0625. The Bertz CT molecular complexity index is 390. The van der Waals surface area contributed by atoms with Crippen molar-refractivity contribution in [3.05, 3.63) is 35.4 Å². The zero-order valence-electron chi connectivity index (χ0n) is 11.8. The van der Waals surface area contributed by atoms with E-state index < -0.39 is 0 Å². The molecule has 0 aliphatic heterocycles. The summed E-state index contributed by atoms with van der Waals surface area (Å²) in [5, 5.41) is 6.29. The second-order valence-electron chi connectivity index (χ2n) is 4.81. The molecular formula is C15H24N2O. The highest BCUT2D eigenvalue weighted by Gasteiger charge is 2.13. The molecule has 0 bridgehead atoms. The number of aryl methyl sites for hydroxylation is 1. The van der Waals surface area contributed by atoms with Gasteiger partial charge in [0.15, 0.2) is 0 Å². The second kappa shape index (κ2) is 7.17. The monoisotopic (exact) mass is 248 g/mol. The van der Waals surface area contributed by atoms with Gasteiger partial charge < -0.3 is 10.6 Å². The molecule has 1 aromatic carbocycles. The van der Waals surface area contributed by atoms with Crippen LogP contribution in [0.25, 0.3) is 0 Å². The summed E-state index contributed by atoms with van der Waals surface area (Å²) in [4.78, 5) is 11.9. The van der Waals surface area contributed by atoms with Crippen molar-refractivity contribution in [3.63, 3.8) is 0 Å². The highest BCUT2D eigenvalue weighted by atomic mass is 16.1. The van der Waals surface area contributed by atoms with Gasteiger partial charge in [0.1, 0.15) is 0 Å². The molecule has 2 atom stereocenters. The molecular weight excluding hydrogens is 224 g/mol. The predicted molar refractivity (Wildman–Crippen MR) is 75.5 cm³/mol. The molecule has 1 rings (SSSR count). The Morgan fingerprint density at radius 3 is 2.56 bits per heavy atom. The van der Waals surface area contributed by atoms with E-state index >= 15 is 0 Å². The van der Waals surface area contributed by atoms with E-state index in [2.05, 4.69) is 29.7 Å². The zero-order chi connectivity index (χ0) is 13.5. The fourth-order valence-electron chi connectivity index (χ4n) is 2.15. The number of carbonyl (C=O) groups is 1. The molecule has 1 amide bonds. The Balaban J connectivity index is 2.52. The van der Waals surface area contributed by atoms with Crippen molar-refractivity contribution in [2.75, 3.05) is 6.54 Å². The van der Waals surface area contributed by atoms with Gasteiger partial charge in [0.25, 0.3) is 0 Å². The molecule has 1 unspecified atom stereocenters. The van der Waals surface area contributed by atoms with E-state index in [1.165, 1.54) is 11.1 Å². The van der Waals surface area contributed by atoms with Crippen molar-refractivity contribution in [2.24, 2.45) is 0 Å². The first kappa shape index (κ1) is 14.7. The summed E-state index contributed by atoms with van der Waals surface area (Å²) >= 11 is 0. The first-order valence-corrected chi connectivity index (χ1v) is 6.62. The summed E-state index contributed by atoms with van der Waals surface area (Å²) in [6.45, 7) is 9.06. The third kappa shape index (κ3) is 4.49. The van der Waals surface area contributed by atoms with Gasteiger partial charge in [-0.1, -0.05) is 31.2 Å². The summed E-state index contributed by atoms with van der Waals surface area (Å²) < 4.78 is 0. The minimum atomic E-state index is 0.0625. The number of nitrogens with one attached hydrogen (secondary N) is 2. The van der Waals surface area contributed by atoms with Crippen molar-refractivity contribution in [3.8, 4) is 0 Å². The van der Waals surface area contributed by atoms with Crippen LogP contribution in [0.2, 0.25) is 0 Å². The minimum Gasteiger partial charge on any atom is -0.350 e. The first-order valence-electron chi connectivity index (χ1n) is 6.62. The average Bonchev–Trinajstić information content (AvgIpc) is 2.29. The lowest BCUT2D eigenvalue weighted by Crippen LogP contribution is -2.34. The van der Waals surface area contributed by atoms with Crippen LogP contribution in [-0.2, 0) is 4.79 Å². The van der Waals surface area contributed by atoms with Gasteiger partial charge in [0.2, 0.25) is 5.91 Å². The molecule has 0 spiro atoms. The van der Waals surface area contributed by atoms with Crippen LogP contribution in [0.4, 0.5) is 0 Å². The molecule has 0 fully saturated rings. The van der Waals surface area contributed by atoms with Gasteiger partial charge in [-0.2, -0.15) is 0 Å². The first-order chi connectivity index (χ1) is 8.54. The standard InChI is InChI=1S/C15H24N2O/c1-5-16-12(3)10-15(18)17-13(4)14-9-7-6-8-11(14)2/h6-9,12-13,16H,5,10H2,1-4H3,(H,17,18)/t12?,13-/m0/s1. The molecule has 18 heavy (non-hydrogen) atoms. The summed E-state index contributed by atoms with van der Waals surface area (Å²) in [6.07, 6.45) is 0.518. The van der Waals surface area contributed by atoms with E-state index in [1.807, 2.05) is 32.9 Å². The second-order valence-corrected chi connectivity index (χ2v) is 4.81. The Labute approximate surface area is 110 Å². The van der Waals surface area contributed by atoms with Gasteiger partial charge in [0, 0.05) is 12.5 Å². The third-order valence-corrected chi connectivity index (χ3v) is 3.08. The number of benzene rings is 1. The molecule has 100 valence electrons. The van der Waals surface area contributed by atoms with Crippen LogP contribution in [0, 0.1) is 6.92 Å². The molecule has 0 aliphatic rings. The highest BCUT2D eigenvalue weighted by Crippen LogP contribution is 2.16. The normalized spacial score (nSPS) is 14.0. The number of amides is 1. The number of hydrogen-bond acceptors (Lipinski definition) is 2. The maximum absolute atomic E-state index is 11.9. The van der Waals surface area contributed by atoms with Gasteiger partial charge in [-0.3, -0.25) is 4.79 Å². The number of hydrogen-bond donors (Lipinski definition) is 2. The van der Waals surface area contributed by atoms with Gasteiger partial charge in [-0.25, -0.2) is 0 Å². The Morgan fingerprint density at radius 1 is 1.28 bits per heavy atom. The van der Waals surface area contributed by atoms with Crippen LogP contribution < -0.4 is 10.6 Å². The van der Waals surface area contributed by atoms with Gasteiger partial charge in [-0.15, -0.1) is 0 Å². The van der Waals surface area contributed by atoms with E-state index in [9.17, 15) is 4.79 Å². The summed E-state index contributed by atoms with van der Waals surface area (Å²) in [7, 11) is 0. The maximum atomic E-state index is 11.9. The molecule has 0 saturated heterocycles. The quantitative estimate of drug-likeness (QED) is 0.812. The maximum Gasteiger partial charge on any atom is 0.222 e. The topological polar surface area (TPSA) is 41.1 Å². The summed E-state index contributed by atoms with van der Waals surface area (Å²) in [5.74, 6) is 0.0965. The summed E-state index contributed by atoms with van der Waals surface area (Å²) in [5.41, 5.74) is 2.40. The average molecular weight is 248 g/mol. The molecule has 3 heteroatoms. The molecule has 3 nitrogen and oxygen atoms in total. The lowest BCUT2D eigenvalue weighted by molar-refractivity contribution is -0.122. The highest BCUT2D eigenvalue weighted by molar-refractivity contribution is 5.77. The zero-order valence-corrected chi connectivity index (χ0v) is 11.8. The molecule has 0 saturated carbocycles. The SMILES string of the molecule is CCNC(C)CC(=O)N[C@@H](C)c1ccccc1C. The molecule has 0 aliphatic carbocycles. The fourth-order valence-corrected chi connectivity index (χ4v) is 2.15. The Morgan fingerprint density at radius 2 is 1.94 bits per heavy atom. The molecule has 2 N–H and O–H groups in total. The third-order valence-electron chi connectivity index (χ3n) is 3.08. The van der Waals surface area contributed by atoms with Crippen LogP contribution in [0.1, 0.15) is 44.4 Å². The molecule has 0 aromatic heterocycles. The van der Waals surface area contributed by atoms with E-state index in [4.69, 9.17) is 0 Å². The predicted octanol–water partition coefficient (Wildman–Crippen LogP) is 2.56. The fraction of sp³-hybridized carbons (Fsp3) is 0.533. The number of carbonyl (C=O) groups excluding carboxylic acids is 1.